The molecule has 1 amide bonds. The molecular weight excluding hydrogens is 437 g/mol. The summed E-state index contributed by atoms with van der Waals surface area (Å²) in [5.41, 5.74) is 0.918. The highest BCUT2D eigenvalue weighted by atomic mass is 35.5. The average Bonchev–Trinajstić information content (AvgIpc) is 3.01. The van der Waals surface area contributed by atoms with E-state index >= 15 is 0 Å². The molecule has 0 atom stereocenters. The zero-order valence-electron chi connectivity index (χ0n) is 13.1. The van der Waals surface area contributed by atoms with Crippen molar-refractivity contribution in [2.24, 2.45) is 0 Å². The molecule has 1 aromatic heterocycles. The fourth-order valence-corrected chi connectivity index (χ4v) is 3.91. The summed E-state index contributed by atoms with van der Waals surface area (Å²) in [6.07, 6.45) is 0. The fourth-order valence-electron chi connectivity index (χ4n) is 2.10. The molecular formula is C16H10Cl3N3O2S2. The third kappa shape index (κ3) is 4.02. The average molecular weight is 447 g/mol. The van der Waals surface area contributed by atoms with E-state index in [-0.39, 0.29) is 5.11 Å². The summed E-state index contributed by atoms with van der Waals surface area (Å²) in [5, 5.41) is 7.14. The van der Waals surface area contributed by atoms with E-state index in [1.807, 2.05) is 6.07 Å². The fraction of sp³-hybridized carbons (Fsp3) is 0.0625. The van der Waals surface area contributed by atoms with E-state index in [0.717, 1.165) is 4.70 Å². The van der Waals surface area contributed by atoms with Crippen LogP contribution in [0.2, 0.25) is 15.1 Å². The standard InChI is InChI=1S/C16H10Cl3N3O2S2/c1-24-10-4-2-7(6-9(10)18)14(23)21-15(25)22-16-20-13-11(26-16)5-3-8(17)12(13)19/h2-6H,1H3,(H2,20,21,22,23,25). The van der Waals surface area contributed by atoms with Crippen molar-refractivity contribution in [3.05, 3.63) is 51.0 Å². The Balaban J connectivity index is 1.71. The van der Waals surface area contributed by atoms with Crippen molar-refractivity contribution in [2.45, 2.75) is 0 Å². The van der Waals surface area contributed by atoms with Gasteiger partial charge in [-0.2, -0.15) is 0 Å². The van der Waals surface area contributed by atoms with Crippen molar-refractivity contribution in [3.63, 3.8) is 0 Å². The third-order valence-electron chi connectivity index (χ3n) is 3.31. The highest BCUT2D eigenvalue weighted by Gasteiger charge is 2.14. The van der Waals surface area contributed by atoms with Crippen molar-refractivity contribution in [1.29, 1.82) is 0 Å². The predicted octanol–water partition coefficient (Wildman–Crippen LogP) is 5.39. The van der Waals surface area contributed by atoms with Gasteiger partial charge in [0.15, 0.2) is 10.2 Å². The number of aromatic nitrogens is 1. The topological polar surface area (TPSA) is 63.2 Å². The lowest BCUT2D eigenvalue weighted by Gasteiger charge is -2.08. The Hall–Kier alpha value is -1.64. The summed E-state index contributed by atoms with van der Waals surface area (Å²) < 4.78 is 5.90. The lowest BCUT2D eigenvalue weighted by Crippen LogP contribution is -2.34. The molecule has 0 bridgehead atoms. The molecule has 0 unspecified atom stereocenters. The number of nitrogens with zero attached hydrogens (tertiary/aromatic N) is 1. The molecule has 0 spiro atoms. The predicted molar refractivity (Wildman–Crippen MR) is 111 cm³/mol. The smallest absolute Gasteiger partial charge is 0.257 e. The zero-order chi connectivity index (χ0) is 18.8. The SMILES string of the molecule is COc1ccc(C(=O)NC(=S)Nc2nc3c(Cl)c(Cl)ccc3s2)cc1Cl. The number of amides is 1. The number of fused-ring (bicyclic) bond motifs is 1. The lowest BCUT2D eigenvalue weighted by atomic mass is 10.2. The van der Waals surface area contributed by atoms with Gasteiger partial charge >= 0.3 is 0 Å². The molecule has 1 heterocycles. The summed E-state index contributed by atoms with van der Waals surface area (Å²) in [4.78, 5) is 16.6. The van der Waals surface area contributed by atoms with Crippen molar-refractivity contribution < 1.29 is 9.53 Å². The summed E-state index contributed by atoms with van der Waals surface area (Å²) >= 11 is 24.7. The molecule has 0 saturated heterocycles. The van der Waals surface area contributed by atoms with Crippen molar-refractivity contribution >= 4 is 84.7 Å². The number of thiazole rings is 1. The summed E-state index contributed by atoms with van der Waals surface area (Å²) in [6, 6.07) is 8.20. The van der Waals surface area contributed by atoms with E-state index in [4.69, 9.17) is 51.8 Å². The largest absolute Gasteiger partial charge is 0.495 e. The Bertz CT molecular complexity index is 1020. The first kappa shape index (κ1) is 19.1. The first-order valence-electron chi connectivity index (χ1n) is 7.09. The summed E-state index contributed by atoms with van der Waals surface area (Å²) in [5.74, 6) is 0.0724. The molecule has 3 aromatic rings. The number of ether oxygens (including phenoxy) is 1. The maximum atomic E-state index is 12.3. The van der Waals surface area contributed by atoms with Crippen molar-refractivity contribution in [2.75, 3.05) is 12.4 Å². The number of benzene rings is 2. The number of carbonyl (C=O) groups excluding carboxylic acids is 1. The molecule has 0 radical (unpaired) electrons. The van der Waals surface area contributed by atoms with Gasteiger partial charge in [-0.3, -0.25) is 10.1 Å². The normalized spacial score (nSPS) is 10.6. The first-order valence-corrected chi connectivity index (χ1v) is 9.45. The number of hydrogen-bond donors (Lipinski definition) is 2. The highest BCUT2D eigenvalue weighted by Crippen LogP contribution is 2.35. The van der Waals surface area contributed by atoms with Crippen LogP contribution < -0.4 is 15.4 Å². The van der Waals surface area contributed by atoms with Gasteiger partial charge in [0.1, 0.15) is 11.3 Å². The van der Waals surface area contributed by atoms with E-state index < -0.39 is 5.91 Å². The minimum atomic E-state index is -0.408. The van der Waals surface area contributed by atoms with Gasteiger partial charge < -0.3 is 10.1 Å². The van der Waals surface area contributed by atoms with Crippen LogP contribution in [0.25, 0.3) is 10.2 Å². The van der Waals surface area contributed by atoms with Crippen molar-refractivity contribution in [1.82, 2.24) is 10.3 Å². The number of carbonyl (C=O) groups is 1. The lowest BCUT2D eigenvalue weighted by molar-refractivity contribution is 0.0977. The Kier molecular flexibility index (Phi) is 5.84. The molecule has 26 heavy (non-hydrogen) atoms. The number of methoxy groups -OCH3 is 1. The van der Waals surface area contributed by atoms with Crippen LogP contribution in [0.3, 0.4) is 0 Å². The Morgan fingerprint density at radius 1 is 1.19 bits per heavy atom. The van der Waals surface area contributed by atoms with Crippen LogP contribution in [0.5, 0.6) is 5.75 Å². The molecule has 0 fully saturated rings. The maximum Gasteiger partial charge on any atom is 0.257 e. The molecule has 0 aliphatic carbocycles. The molecule has 2 N–H and O–H groups in total. The Morgan fingerprint density at radius 2 is 1.96 bits per heavy atom. The maximum absolute atomic E-state index is 12.3. The van der Waals surface area contributed by atoms with E-state index in [1.54, 1.807) is 18.2 Å². The van der Waals surface area contributed by atoms with Gasteiger partial charge in [0, 0.05) is 5.56 Å². The monoisotopic (exact) mass is 445 g/mol. The molecule has 10 heteroatoms. The van der Waals surface area contributed by atoms with Gasteiger partial charge in [0.05, 0.1) is 26.9 Å². The van der Waals surface area contributed by atoms with Crippen LogP contribution >= 0.6 is 58.4 Å². The van der Waals surface area contributed by atoms with Gasteiger partial charge in [-0.15, -0.1) is 0 Å². The van der Waals surface area contributed by atoms with Gasteiger partial charge in [0.2, 0.25) is 0 Å². The number of rotatable bonds is 3. The van der Waals surface area contributed by atoms with E-state index in [1.165, 1.54) is 24.5 Å². The van der Waals surface area contributed by atoms with Crippen LogP contribution in [0.1, 0.15) is 10.4 Å². The second kappa shape index (κ2) is 7.94. The van der Waals surface area contributed by atoms with Gasteiger partial charge in [-0.1, -0.05) is 46.1 Å². The third-order valence-corrected chi connectivity index (χ3v) is 5.54. The second-order valence-corrected chi connectivity index (χ2v) is 7.62. The first-order chi connectivity index (χ1) is 12.4. The van der Waals surface area contributed by atoms with E-state index in [0.29, 0.717) is 37.0 Å². The minimum Gasteiger partial charge on any atom is -0.495 e. The van der Waals surface area contributed by atoms with Gasteiger partial charge in [0.25, 0.3) is 5.91 Å². The van der Waals surface area contributed by atoms with E-state index in [2.05, 4.69) is 15.6 Å². The number of hydrogen-bond acceptors (Lipinski definition) is 5. The van der Waals surface area contributed by atoms with Crippen molar-refractivity contribution in [3.8, 4) is 5.75 Å². The Labute approximate surface area is 173 Å². The van der Waals surface area contributed by atoms with Crippen LogP contribution in [-0.2, 0) is 0 Å². The number of thiocarbonyl (C=S) groups is 1. The quantitative estimate of drug-likeness (QED) is 0.528. The van der Waals surface area contributed by atoms with Crippen LogP contribution in [0, 0.1) is 0 Å². The molecule has 5 nitrogen and oxygen atoms in total. The number of anilines is 1. The number of nitrogens with one attached hydrogen (secondary N) is 2. The summed E-state index contributed by atoms with van der Waals surface area (Å²) in [6.45, 7) is 0. The molecule has 0 aliphatic rings. The molecule has 0 saturated carbocycles. The second-order valence-electron chi connectivity index (χ2n) is 4.98. The molecule has 0 aliphatic heterocycles. The molecule has 2 aromatic carbocycles. The van der Waals surface area contributed by atoms with Gasteiger partial charge in [-0.05, 0) is 42.5 Å². The van der Waals surface area contributed by atoms with Gasteiger partial charge in [-0.25, -0.2) is 4.98 Å². The molecule has 3 rings (SSSR count). The zero-order valence-corrected chi connectivity index (χ0v) is 17.0. The van der Waals surface area contributed by atoms with Crippen LogP contribution in [0.15, 0.2) is 30.3 Å². The van der Waals surface area contributed by atoms with E-state index in [9.17, 15) is 4.79 Å². The highest BCUT2D eigenvalue weighted by molar-refractivity contribution is 7.80. The van der Waals surface area contributed by atoms with Crippen LogP contribution in [-0.4, -0.2) is 23.1 Å². The minimum absolute atomic E-state index is 0.100. The molecule has 134 valence electrons. The Morgan fingerprint density at radius 3 is 2.65 bits per heavy atom. The van der Waals surface area contributed by atoms with Crippen LogP contribution in [0.4, 0.5) is 5.13 Å². The summed E-state index contributed by atoms with van der Waals surface area (Å²) in [7, 11) is 1.50. The number of halogens is 3.